The van der Waals surface area contributed by atoms with Crippen molar-refractivity contribution in [3.8, 4) is 5.75 Å². The summed E-state index contributed by atoms with van der Waals surface area (Å²) in [5.41, 5.74) is 2.96. The highest BCUT2D eigenvalue weighted by Crippen LogP contribution is 2.35. The van der Waals surface area contributed by atoms with E-state index >= 15 is 0 Å². The Morgan fingerprint density at radius 2 is 1.58 bits per heavy atom. The lowest BCUT2D eigenvalue weighted by atomic mass is 9.96. The lowest BCUT2D eigenvalue weighted by molar-refractivity contribution is -0.110. The van der Waals surface area contributed by atoms with Gasteiger partial charge in [-0.3, -0.25) is 4.90 Å². The van der Waals surface area contributed by atoms with Crippen LogP contribution in [0.15, 0.2) is 47.4 Å². The van der Waals surface area contributed by atoms with Gasteiger partial charge in [-0.15, -0.1) is 0 Å². The van der Waals surface area contributed by atoms with Crippen LogP contribution >= 0.6 is 0 Å². The van der Waals surface area contributed by atoms with Crippen molar-refractivity contribution >= 4 is 16.1 Å². The number of likely N-dealkylation sites (tertiary alicyclic amines) is 1. The van der Waals surface area contributed by atoms with Gasteiger partial charge in [0.2, 0.25) is 10.0 Å². The molecule has 1 amide bonds. The number of hydrogen-bond donors (Lipinski definition) is 0. The zero-order valence-corrected chi connectivity index (χ0v) is 23.5. The first-order chi connectivity index (χ1) is 18.1. The number of ether oxygens (including phenoxy) is 2. The van der Waals surface area contributed by atoms with Crippen LogP contribution in [0.1, 0.15) is 63.1 Å². The van der Waals surface area contributed by atoms with Crippen molar-refractivity contribution in [1.29, 1.82) is 0 Å². The quantitative estimate of drug-likeness (QED) is 0.461. The van der Waals surface area contributed by atoms with Crippen molar-refractivity contribution in [2.75, 3.05) is 26.2 Å². The van der Waals surface area contributed by atoms with Crippen LogP contribution in [0.2, 0.25) is 0 Å². The van der Waals surface area contributed by atoms with E-state index in [1.165, 1.54) is 15.4 Å². The van der Waals surface area contributed by atoms with E-state index in [1.807, 2.05) is 26.8 Å². The summed E-state index contributed by atoms with van der Waals surface area (Å²) in [6, 6.07) is 13.8. The highest BCUT2D eigenvalue weighted by atomic mass is 32.2. The van der Waals surface area contributed by atoms with Crippen molar-refractivity contribution in [2.45, 2.75) is 77.3 Å². The molecule has 0 aromatic heterocycles. The third-order valence-corrected chi connectivity index (χ3v) is 9.44. The molecule has 2 fully saturated rings. The highest BCUT2D eigenvalue weighted by Gasteiger charge is 2.37. The van der Waals surface area contributed by atoms with Gasteiger partial charge in [0.1, 0.15) is 10.6 Å². The van der Waals surface area contributed by atoms with E-state index in [4.69, 9.17) is 9.47 Å². The Bertz CT molecular complexity index is 1240. The van der Waals surface area contributed by atoms with Crippen molar-refractivity contribution < 1.29 is 22.7 Å². The van der Waals surface area contributed by atoms with Gasteiger partial charge in [0.05, 0.1) is 0 Å². The molecule has 0 N–H and O–H groups in total. The second-order valence-corrected chi connectivity index (χ2v) is 13.6. The van der Waals surface area contributed by atoms with Crippen LogP contribution in [0.5, 0.6) is 5.75 Å². The van der Waals surface area contributed by atoms with Crippen LogP contribution in [-0.2, 0) is 34.4 Å². The third kappa shape index (κ3) is 5.84. The van der Waals surface area contributed by atoms with E-state index in [0.717, 1.165) is 44.3 Å². The summed E-state index contributed by atoms with van der Waals surface area (Å²) in [5, 5.41) is 0. The van der Waals surface area contributed by atoms with Crippen LogP contribution in [0.25, 0.3) is 0 Å². The zero-order chi connectivity index (χ0) is 26.9. The van der Waals surface area contributed by atoms with E-state index in [9.17, 15) is 13.2 Å². The molecule has 1 unspecified atom stereocenters. The van der Waals surface area contributed by atoms with E-state index in [0.29, 0.717) is 32.7 Å². The molecule has 5 rings (SSSR count). The van der Waals surface area contributed by atoms with E-state index in [1.54, 1.807) is 17.0 Å². The molecule has 0 spiro atoms. The maximum atomic E-state index is 13.6. The van der Waals surface area contributed by atoms with E-state index in [2.05, 4.69) is 29.2 Å². The van der Waals surface area contributed by atoms with Gasteiger partial charge < -0.3 is 14.4 Å². The van der Waals surface area contributed by atoms with Gasteiger partial charge in [0, 0.05) is 51.2 Å². The Morgan fingerprint density at radius 1 is 0.921 bits per heavy atom. The molecule has 0 radical (unpaired) electrons. The molecule has 2 aromatic carbocycles. The van der Waals surface area contributed by atoms with Gasteiger partial charge in [0.25, 0.3) is 6.29 Å². The van der Waals surface area contributed by atoms with Gasteiger partial charge in [-0.2, -0.15) is 4.31 Å². The molecule has 2 saturated heterocycles. The minimum absolute atomic E-state index is 0.134. The van der Waals surface area contributed by atoms with E-state index < -0.39 is 27.8 Å². The van der Waals surface area contributed by atoms with E-state index in [-0.39, 0.29) is 10.6 Å². The maximum Gasteiger partial charge on any atom is 0.412 e. The van der Waals surface area contributed by atoms with Crippen molar-refractivity contribution in [3.05, 3.63) is 59.2 Å². The van der Waals surface area contributed by atoms with Gasteiger partial charge in [-0.1, -0.05) is 51.1 Å². The summed E-state index contributed by atoms with van der Waals surface area (Å²) in [6.07, 6.45) is 2.51. The predicted molar refractivity (Wildman–Crippen MR) is 145 cm³/mol. The summed E-state index contributed by atoms with van der Waals surface area (Å²) in [6.45, 7) is 10.4. The van der Waals surface area contributed by atoms with Crippen LogP contribution in [0.4, 0.5) is 4.79 Å². The summed E-state index contributed by atoms with van der Waals surface area (Å²) in [4.78, 5) is 17.1. The molecule has 2 aromatic rings. The maximum absolute atomic E-state index is 13.6. The van der Waals surface area contributed by atoms with Crippen LogP contribution < -0.4 is 4.74 Å². The molecule has 9 heteroatoms. The molecule has 0 saturated carbocycles. The summed E-state index contributed by atoms with van der Waals surface area (Å²) in [7, 11) is -3.74. The first kappa shape index (κ1) is 27.0. The van der Waals surface area contributed by atoms with Gasteiger partial charge in [-0.25, -0.2) is 13.2 Å². The van der Waals surface area contributed by atoms with Crippen molar-refractivity contribution in [1.82, 2.24) is 14.1 Å². The number of rotatable bonds is 7. The molecule has 3 aliphatic heterocycles. The molecule has 206 valence electrons. The molecule has 3 heterocycles. The average molecular weight is 542 g/mol. The SMILES string of the molecule is CC(C)(C)C(OC(=O)N1CCCCC1)Oc1ccc(CN2Cc3ccccc3C2)cc1S(=O)(=O)N1CCC1. The average Bonchev–Trinajstić information content (AvgIpc) is 3.25. The number of benzene rings is 2. The zero-order valence-electron chi connectivity index (χ0n) is 22.7. The Balaban J connectivity index is 1.39. The van der Waals surface area contributed by atoms with Gasteiger partial charge in [0.15, 0.2) is 0 Å². The monoisotopic (exact) mass is 541 g/mol. The van der Waals surface area contributed by atoms with Crippen LogP contribution in [0.3, 0.4) is 0 Å². The Labute approximate surface area is 226 Å². The lowest BCUT2D eigenvalue weighted by Crippen LogP contribution is -2.44. The standard InChI is InChI=1S/C29H39N3O5S/c1-29(2,3)27(37-28(33)31-14-7-4-8-15-31)36-25-13-12-22(18-26(25)38(34,35)32-16-9-17-32)19-30-20-23-10-5-6-11-24(23)21-30/h5-6,10-13,18,27H,4,7-9,14-17,19-21H2,1-3H3. The summed E-state index contributed by atoms with van der Waals surface area (Å²) < 4.78 is 40.8. The smallest absolute Gasteiger partial charge is 0.412 e. The number of amides is 1. The first-order valence-corrected chi connectivity index (χ1v) is 15.1. The van der Waals surface area contributed by atoms with Crippen molar-refractivity contribution in [3.63, 3.8) is 0 Å². The fraction of sp³-hybridized carbons (Fsp3) is 0.552. The molecule has 0 bridgehead atoms. The number of sulfonamides is 1. The third-order valence-electron chi connectivity index (χ3n) is 7.52. The molecule has 3 aliphatic rings. The van der Waals surface area contributed by atoms with Crippen molar-refractivity contribution in [2.24, 2.45) is 5.41 Å². The lowest BCUT2D eigenvalue weighted by Gasteiger charge is -2.35. The van der Waals surface area contributed by atoms with Crippen LogP contribution in [0, 0.1) is 5.41 Å². The second kappa shape index (κ2) is 10.9. The molecule has 0 aliphatic carbocycles. The molecular formula is C29H39N3O5S. The number of fused-ring (bicyclic) bond motifs is 1. The molecule has 1 atom stereocenters. The number of carbonyl (C=O) groups excluding carboxylic acids is 1. The number of carbonyl (C=O) groups is 1. The fourth-order valence-corrected chi connectivity index (χ4v) is 6.81. The van der Waals surface area contributed by atoms with Gasteiger partial charge >= 0.3 is 6.09 Å². The number of hydrogen-bond acceptors (Lipinski definition) is 6. The Morgan fingerprint density at radius 3 is 2.16 bits per heavy atom. The summed E-state index contributed by atoms with van der Waals surface area (Å²) >= 11 is 0. The topological polar surface area (TPSA) is 79.4 Å². The molecule has 8 nitrogen and oxygen atoms in total. The molecular weight excluding hydrogens is 502 g/mol. The fourth-order valence-electron chi connectivity index (χ4n) is 5.13. The minimum atomic E-state index is -3.74. The van der Waals surface area contributed by atoms with Crippen LogP contribution in [-0.4, -0.2) is 61.1 Å². The number of piperidine rings is 1. The second-order valence-electron chi connectivity index (χ2n) is 11.7. The minimum Gasteiger partial charge on any atom is -0.453 e. The summed E-state index contributed by atoms with van der Waals surface area (Å²) in [5.74, 6) is 0.219. The predicted octanol–water partition coefficient (Wildman–Crippen LogP) is 4.97. The number of nitrogens with zero attached hydrogens (tertiary/aromatic N) is 3. The normalized spacial score (nSPS) is 19.5. The largest absolute Gasteiger partial charge is 0.453 e. The molecule has 38 heavy (non-hydrogen) atoms. The highest BCUT2D eigenvalue weighted by molar-refractivity contribution is 7.89. The first-order valence-electron chi connectivity index (χ1n) is 13.7. The Hall–Kier alpha value is -2.62. The Kier molecular flexibility index (Phi) is 7.71. The van der Waals surface area contributed by atoms with Gasteiger partial charge in [-0.05, 0) is 54.5 Å².